The SMILES string of the molecule is CCCCCCCCCCCCN1CCCCC1C(N)=S. The van der Waals surface area contributed by atoms with Gasteiger partial charge in [0.1, 0.15) is 0 Å². The van der Waals surface area contributed by atoms with E-state index in [4.69, 9.17) is 18.0 Å². The molecular weight excluding hydrogens is 276 g/mol. The van der Waals surface area contributed by atoms with Gasteiger partial charge in [-0.25, -0.2) is 0 Å². The predicted octanol–water partition coefficient (Wildman–Crippen LogP) is 5.05. The molecule has 0 aromatic heterocycles. The molecule has 0 aromatic rings. The molecule has 124 valence electrons. The minimum atomic E-state index is 0.382. The normalized spacial score (nSPS) is 19.8. The number of unbranched alkanes of at least 4 members (excludes halogenated alkanes) is 9. The molecule has 0 aliphatic carbocycles. The van der Waals surface area contributed by atoms with Gasteiger partial charge in [0.25, 0.3) is 0 Å². The lowest BCUT2D eigenvalue weighted by Crippen LogP contribution is -2.47. The summed E-state index contributed by atoms with van der Waals surface area (Å²) in [5.41, 5.74) is 5.87. The van der Waals surface area contributed by atoms with Crippen LogP contribution in [-0.4, -0.2) is 29.0 Å². The molecule has 1 aliphatic heterocycles. The van der Waals surface area contributed by atoms with Crippen LogP contribution in [0.4, 0.5) is 0 Å². The number of nitrogens with two attached hydrogens (primary N) is 1. The molecule has 0 radical (unpaired) electrons. The standard InChI is InChI=1S/C18H36N2S/c1-2-3-4-5-6-7-8-9-10-12-15-20-16-13-11-14-17(20)18(19)21/h17H,2-16H2,1H3,(H2,19,21). The molecule has 0 saturated carbocycles. The summed E-state index contributed by atoms with van der Waals surface area (Å²) in [6, 6.07) is 0.382. The number of hydrogen-bond acceptors (Lipinski definition) is 2. The zero-order chi connectivity index (χ0) is 15.3. The summed E-state index contributed by atoms with van der Waals surface area (Å²) in [7, 11) is 0. The van der Waals surface area contributed by atoms with Gasteiger partial charge in [0.2, 0.25) is 0 Å². The third-order valence-electron chi connectivity index (χ3n) is 4.74. The van der Waals surface area contributed by atoms with Crippen molar-refractivity contribution >= 4 is 17.2 Å². The van der Waals surface area contributed by atoms with Crippen molar-refractivity contribution in [2.75, 3.05) is 13.1 Å². The number of piperidine rings is 1. The molecule has 0 aromatic carbocycles. The van der Waals surface area contributed by atoms with Crippen molar-refractivity contribution in [3.05, 3.63) is 0 Å². The molecule has 1 atom stereocenters. The minimum Gasteiger partial charge on any atom is -0.392 e. The van der Waals surface area contributed by atoms with Crippen LogP contribution >= 0.6 is 12.2 Å². The van der Waals surface area contributed by atoms with E-state index in [1.807, 2.05) is 0 Å². The van der Waals surface area contributed by atoms with Gasteiger partial charge in [0.05, 0.1) is 11.0 Å². The topological polar surface area (TPSA) is 29.3 Å². The van der Waals surface area contributed by atoms with Gasteiger partial charge >= 0.3 is 0 Å². The average molecular weight is 313 g/mol. The van der Waals surface area contributed by atoms with Crippen LogP contribution in [0.5, 0.6) is 0 Å². The van der Waals surface area contributed by atoms with Crippen LogP contribution in [0, 0.1) is 0 Å². The summed E-state index contributed by atoms with van der Waals surface area (Å²) < 4.78 is 0. The van der Waals surface area contributed by atoms with Crippen LogP contribution in [0.3, 0.4) is 0 Å². The molecule has 1 aliphatic rings. The summed E-state index contributed by atoms with van der Waals surface area (Å²) in [5, 5.41) is 0. The average Bonchev–Trinajstić information content (AvgIpc) is 2.49. The molecule has 0 amide bonds. The number of likely N-dealkylation sites (tertiary alicyclic amines) is 1. The highest BCUT2D eigenvalue weighted by Crippen LogP contribution is 2.18. The summed E-state index contributed by atoms with van der Waals surface area (Å²) >= 11 is 5.21. The van der Waals surface area contributed by atoms with E-state index < -0.39 is 0 Å². The first-order valence-corrected chi connectivity index (χ1v) is 9.70. The van der Waals surface area contributed by atoms with Crippen LogP contribution in [0.15, 0.2) is 0 Å². The quantitative estimate of drug-likeness (QED) is 0.404. The number of thiocarbonyl (C=S) groups is 1. The Morgan fingerprint density at radius 1 is 0.952 bits per heavy atom. The van der Waals surface area contributed by atoms with E-state index in [1.165, 1.54) is 96.6 Å². The van der Waals surface area contributed by atoms with Crippen molar-refractivity contribution in [1.82, 2.24) is 4.90 Å². The van der Waals surface area contributed by atoms with Crippen molar-refractivity contribution in [2.45, 2.75) is 96.4 Å². The van der Waals surface area contributed by atoms with E-state index in [0.717, 1.165) is 0 Å². The molecule has 1 rings (SSSR count). The Labute approximate surface area is 137 Å². The highest BCUT2D eigenvalue weighted by molar-refractivity contribution is 7.80. The molecule has 21 heavy (non-hydrogen) atoms. The highest BCUT2D eigenvalue weighted by Gasteiger charge is 2.23. The first-order valence-electron chi connectivity index (χ1n) is 9.29. The van der Waals surface area contributed by atoms with Crippen molar-refractivity contribution in [3.8, 4) is 0 Å². The van der Waals surface area contributed by atoms with Crippen molar-refractivity contribution in [3.63, 3.8) is 0 Å². The van der Waals surface area contributed by atoms with Crippen LogP contribution in [-0.2, 0) is 0 Å². The predicted molar refractivity (Wildman–Crippen MR) is 97.8 cm³/mol. The minimum absolute atomic E-state index is 0.382. The van der Waals surface area contributed by atoms with Crippen molar-refractivity contribution < 1.29 is 0 Å². The molecular formula is C18H36N2S. The molecule has 3 heteroatoms. The number of hydrogen-bond donors (Lipinski definition) is 1. The van der Waals surface area contributed by atoms with Gasteiger partial charge in [-0.15, -0.1) is 0 Å². The third-order valence-corrected chi connectivity index (χ3v) is 5.01. The molecule has 2 nitrogen and oxygen atoms in total. The first kappa shape index (κ1) is 18.9. The fraction of sp³-hybridized carbons (Fsp3) is 0.944. The summed E-state index contributed by atoms with van der Waals surface area (Å²) in [6.45, 7) is 4.67. The molecule has 2 N–H and O–H groups in total. The molecule has 1 heterocycles. The maximum Gasteiger partial charge on any atom is 0.0902 e. The third kappa shape index (κ3) is 8.77. The maximum atomic E-state index is 5.87. The maximum absolute atomic E-state index is 5.87. The Morgan fingerprint density at radius 3 is 2.10 bits per heavy atom. The Kier molecular flexibility index (Phi) is 11.2. The van der Waals surface area contributed by atoms with Gasteiger partial charge in [-0.1, -0.05) is 83.3 Å². The second-order valence-corrected chi connectivity index (χ2v) is 7.10. The van der Waals surface area contributed by atoms with Gasteiger partial charge in [-0.3, -0.25) is 4.90 Å². The van der Waals surface area contributed by atoms with Crippen LogP contribution in [0.2, 0.25) is 0 Å². The fourth-order valence-electron chi connectivity index (χ4n) is 3.38. The second kappa shape index (κ2) is 12.4. The molecule has 1 saturated heterocycles. The van der Waals surface area contributed by atoms with Crippen LogP contribution in [0.25, 0.3) is 0 Å². The van der Waals surface area contributed by atoms with E-state index in [-0.39, 0.29) is 0 Å². The lowest BCUT2D eigenvalue weighted by Gasteiger charge is -2.35. The van der Waals surface area contributed by atoms with Gasteiger partial charge in [-0.05, 0) is 32.4 Å². The van der Waals surface area contributed by atoms with Crippen molar-refractivity contribution in [2.24, 2.45) is 5.73 Å². The Hall–Kier alpha value is -0.150. The molecule has 1 unspecified atom stereocenters. The van der Waals surface area contributed by atoms with Gasteiger partial charge in [0.15, 0.2) is 0 Å². The fourth-order valence-corrected chi connectivity index (χ4v) is 3.65. The Morgan fingerprint density at radius 2 is 1.52 bits per heavy atom. The number of rotatable bonds is 12. The van der Waals surface area contributed by atoms with Gasteiger partial charge < -0.3 is 5.73 Å². The van der Waals surface area contributed by atoms with Crippen LogP contribution < -0.4 is 5.73 Å². The molecule has 1 fully saturated rings. The molecule has 0 spiro atoms. The summed E-state index contributed by atoms with van der Waals surface area (Å²) in [4.78, 5) is 3.23. The number of nitrogens with zero attached hydrogens (tertiary/aromatic N) is 1. The first-order chi connectivity index (χ1) is 10.3. The summed E-state index contributed by atoms with van der Waals surface area (Å²) in [6.07, 6.45) is 17.8. The monoisotopic (exact) mass is 312 g/mol. The second-order valence-electron chi connectivity index (χ2n) is 6.63. The smallest absolute Gasteiger partial charge is 0.0902 e. The van der Waals surface area contributed by atoms with Crippen molar-refractivity contribution in [1.29, 1.82) is 0 Å². The Bertz CT molecular complexity index is 268. The zero-order valence-electron chi connectivity index (χ0n) is 14.1. The summed E-state index contributed by atoms with van der Waals surface area (Å²) in [5.74, 6) is 0. The highest BCUT2D eigenvalue weighted by atomic mass is 32.1. The lowest BCUT2D eigenvalue weighted by molar-refractivity contribution is 0.189. The van der Waals surface area contributed by atoms with E-state index in [0.29, 0.717) is 11.0 Å². The van der Waals surface area contributed by atoms with Gasteiger partial charge in [0, 0.05) is 0 Å². The Balaban J connectivity index is 1.94. The van der Waals surface area contributed by atoms with Gasteiger partial charge in [-0.2, -0.15) is 0 Å². The van der Waals surface area contributed by atoms with Crippen LogP contribution in [0.1, 0.15) is 90.4 Å². The lowest BCUT2D eigenvalue weighted by atomic mass is 10.0. The van der Waals surface area contributed by atoms with E-state index in [1.54, 1.807) is 0 Å². The zero-order valence-corrected chi connectivity index (χ0v) is 14.9. The largest absolute Gasteiger partial charge is 0.392 e. The van der Waals surface area contributed by atoms with E-state index in [2.05, 4.69) is 11.8 Å². The van der Waals surface area contributed by atoms with E-state index in [9.17, 15) is 0 Å². The van der Waals surface area contributed by atoms with E-state index >= 15 is 0 Å². The molecule has 0 bridgehead atoms.